The molecule has 382 valence electrons. The molecular weight excluding hydrogens is 829 g/mol. The lowest BCUT2D eigenvalue weighted by molar-refractivity contribution is -0.166. The quantitative estimate of drug-likeness (QED) is 0.0262. The molecule has 0 saturated heterocycles. The zero-order valence-electron chi connectivity index (χ0n) is 43.6. The van der Waals surface area contributed by atoms with Gasteiger partial charge in [0.2, 0.25) is 0 Å². The maximum atomic E-state index is 12.8. The van der Waals surface area contributed by atoms with Crippen molar-refractivity contribution < 1.29 is 28.6 Å². The summed E-state index contributed by atoms with van der Waals surface area (Å²) in [6.45, 7) is 6.43. The fourth-order valence-electron chi connectivity index (χ4n) is 7.44. The summed E-state index contributed by atoms with van der Waals surface area (Å²) in [4.78, 5) is 38.1. The van der Waals surface area contributed by atoms with Crippen LogP contribution in [0.5, 0.6) is 0 Å². The highest BCUT2D eigenvalue weighted by atomic mass is 16.6. The van der Waals surface area contributed by atoms with Crippen LogP contribution in [0.3, 0.4) is 0 Å². The van der Waals surface area contributed by atoms with Crippen LogP contribution in [0.25, 0.3) is 0 Å². The van der Waals surface area contributed by atoms with E-state index in [9.17, 15) is 14.4 Å². The van der Waals surface area contributed by atoms with Gasteiger partial charge in [-0.25, -0.2) is 0 Å². The van der Waals surface area contributed by atoms with Gasteiger partial charge in [-0.3, -0.25) is 14.4 Å². The Kier molecular flexibility index (Phi) is 51.9. The van der Waals surface area contributed by atoms with Crippen molar-refractivity contribution in [2.75, 3.05) is 13.2 Å². The Balaban J connectivity index is 4.51. The van der Waals surface area contributed by atoms with E-state index in [1.807, 2.05) is 6.08 Å². The Morgan fingerprint density at radius 2 is 0.612 bits per heavy atom. The van der Waals surface area contributed by atoms with E-state index in [1.165, 1.54) is 116 Å². The summed E-state index contributed by atoms with van der Waals surface area (Å²) >= 11 is 0. The Morgan fingerprint density at radius 1 is 0.313 bits per heavy atom. The molecule has 0 N–H and O–H groups in total. The zero-order valence-corrected chi connectivity index (χ0v) is 43.6. The number of esters is 3. The van der Waals surface area contributed by atoms with E-state index in [1.54, 1.807) is 0 Å². The van der Waals surface area contributed by atoms with Crippen molar-refractivity contribution in [1.82, 2.24) is 0 Å². The molecule has 0 aromatic carbocycles. The molecule has 0 fully saturated rings. The molecule has 0 bridgehead atoms. The van der Waals surface area contributed by atoms with Crippen LogP contribution >= 0.6 is 0 Å². The van der Waals surface area contributed by atoms with Gasteiger partial charge in [0.1, 0.15) is 13.2 Å². The van der Waals surface area contributed by atoms with Gasteiger partial charge >= 0.3 is 17.9 Å². The molecule has 0 heterocycles. The van der Waals surface area contributed by atoms with Gasteiger partial charge in [-0.1, -0.05) is 240 Å². The maximum Gasteiger partial charge on any atom is 0.306 e. The molecule has 0 aromatic heterocycles. The predicted molar refractivity (Wildman–Crippen MR) is 288 cm³/mol. The van der Waals surface area contributed by atoms with Crippen molar-refractivity contribution in [3.63, 3.8) is 0 Å². The van der Waals surface area contributed by atoms with E-state index < -0.39 is 6.10 Å². The van der Waals surface area contributed by atoms with Crippen molar-refractivity contribution in [1.29, 1.82) is 0 Å². The molecule has 0 aliphatic heterocycles. The van der Waals surface area contributed by atoms with Gasteiger partial charge in [-0.05, 0) is 89.9 Å². The second-order valence-corrected chi connectivity index (χ2v) is 18.1. The first-order chi connectivity index (χ1) is 33.0. The number of hydrogen-bond donors (Lipinski definition) is 0. The first-order valence-corrected chi connectivity index (χ1v) is 27.7. The Hall–Kier alpha value is -3.67. The minimum Gasteiger partial charge on any atom is -0.462 e. The second kappa shape index (κ2) is 54.9. The van der Waals surface area contributed by atoms with Gasteiger partial charge in [0.05, 0.1) is 0 Å². The molecule has 1 atom stereocenters. The summed E-state index contributed by atoms with van der Waals surface area (Å²) in [5.74, 6) is -0.996. The van der Waals surface area contributed by atoms with Crippen molar-refractivity contribution in [2.45, 2.75) is 258 Å². The normalized spacial score (nSPS) is 12.8. The van der Waals surface area contributed by atoms with Crippen molar-refractivity contribution in [3.05, 3.63) is 97.2 Å². The number of carbonyl (C=O) groups is 3. The summed E-state index contributed by atoms with van der Waals surface area (Å²) in [6.07, 6.45) is 72.6. The van der Waals surface area contributed by atoms with Gasteiger partial charge in [-0.2, -0.15) is 0 Å². The standard InChI is InChI=1S/C61H102O6/c1-4-7-10-13-16-19-22-25-27-29-30-32-33-36-39-42-45-48-51-54-60(63)66-57-58(56-65-59(62)53-50-47-44-41-38-35-24-21-18-15-12-9-6-3)67-61(64)55-52-49-46-43-40-37-34-31-28-26-23-20-17-14-11-8-5-2/h7,10,16-17,19-20,25-28,30,32,36,39,45,48,58H,4-6,8-9,11-15,18,21-24,29,31,33-35,37-38,40-44,46-47,49-57H2,1-3H3/b10-7-,19-16-,20-17-,27-25-,28-26-,32-30-,39-36-,48-45-. The first kappa shape index (κ1) is 63.3. The number of rotatable bonds is 49. The Bertz CT molecular complexity index is 1350. The molecule has 67 heavy (non-hydrogen) atoms. The molecule has 0 rings (SSSR count). The Labute approximate surface area is 413 Å². The molecular formula is C61H102O6. The predicted octanol–water partition coefficient (Wildman–Crippen LogP) is 18.5. The third-order valence-electron chi connectivity index (χ3n) is 11.6. The molecule has 0 spiro atoms. The van der Waals surface area contributed by atoms with Crippen LogP contribution in [0.1, 0.15) is 252 Å². The Morgan fingerprint density at radius 3 is 1.03 bits per heavy atom. The molecule has 6 heteroatoms. The highest BCUT2D eigenvalue weighted by Crippen LogP contribution is 2.15. The van der Waals surface area contributed by atoms with Gasteiger partial charge in [0.25, 0.3) is 0 Å². The number of ether oxygens (including phenoxy) is 3. The SMILES string of the molecule is CC/C=C\C/C=C\C/C=C\C/C=C\C/C=C\C/C=C\CCC(=O)OCC(COC(=O)CCCCCCCCCCCCCCC)OC(=O)CCCCCCCCC/C=C\C/C=C\CCCCC. The lowest BCUT2D eigenvalue weighted by atomic mass is 10.0. The van der Waals surface area contributed by atoms with Crippen LogP contribution < -0.4 is 0 Å². The summed E-state index contributed by atoms with van der Waals surface area (Å²) in [5.41, 5.74) is 0. The average molecular weight is 931 g/mol. The summed E-state index contributed by atoms with van der Waals surface area (Å²) < 4.78 is 16.8. The number of carbonyl (C=O) groups excluding carboxylic acids is 3. The monoisotopic (exact) mass is 931 g/mol. The van der Waals surface area contributed by atoms with Crippen molar-refractivity contribution in [3.8, 4) is 0 Å². The molecule has 0 aromatic rings. The largest absolute Gasteiger partial charge is 0.462 e. The minimum absolute atomic E-state index is 0.103. The van der Waals surface area contributed by atoms with Crippen molar-refractivity contribution in [2.24, 2.45) is 0 Å². The van der Waals surface area contributed by atoms with E-state index in [0.717, 1.165) is 89.9 Å². The fraction of sp³-hybridized carbons (Fsp3) is 0.689. The summed E-state index contributed by atoms with van der Waals surface area (Å²) in [5, 5.41) is 0. The number of hydrogen-bond acceptors (Lipinski definition) is 6. The van der Waals surface area contributed by atoms with Crippen LogP contribution in [0.4, 0.5) is 0 Å². The second-order valence-electron chi connectivity index (χ2n) is 18.1. The van der Waals surface area contributed by atoms with E-state index in [0.29, 0.717) is 19.3 Å². The van der Waals surface area contributed by atoms with Gasteiger partial charge in [0.15, 0.2) is 6.10 Å². The third kappa shape index (κ3) is 53.2. The fourth-order valence-corrected chi connectivity index (χ4v) is 7.44. The highest BCUT2D eigenvalue weighted by Gasteiger charge is 2.19. The molecule has 0 aliphatic rings. The van der Waals surface area contributed by atoms with E-state index in [4.69, 9.17) is 14.2 Å². The molecule has 0 saturated carbocycles. The topological polar surface area (TPSA) is 78.9 Å². The lowest BCUT2D eigenvalue weighted by Gasteiger charge is -2.18. The summed E-state index contributed by atoms with van der Waals surface area (Å²) in [7, 11) is 0. The minimum atomic E-state index is -0.811. The average Bonchev–Trinajstić information content (AvgIpc) is 3.33. The highest BCUT2D eigenvalue weighted by molar-refractivity contribution is 5.71. The third-order valence-corrected chi connectivity index (χ3v) is 11.6. The van der Waals surface area contributed by atoms with Crippen LogP contribution in [0.15, 0.2) is 97.2 Å². The number of allylic oxidation sites excluding steroid dienone is 16. The molecule has 6 nitrogen and oxygen atoms in total. The zero-order chi connectivity index (χ0) is 48.6. The summed E-state index contributed by atoms with van der Waals surface area (Å²) in [6, 6.07) is 0. The van der Waals surface area contributed by atoms with Crippen LogP contribution in [-0.2, 0) is 28.6 Å². The smallest absolute Gasteiger partial charge is 0.306 e. The van der Waals surface area contributed by atoms with E-state index in [-0.39, 0.29) is 37.5 Å². The van der Waals surface area contributed by atoms with Crippen LogP contribution in [0.2, 0.25) is 0 Å². The lowest BCUT2D eigenvalue weighted by Crippen LogP contribution is -2.30. The molecule has 0 amide bonds. The number of unbranched alkanes of at least 4 members (excludes halogenated alkanes) is 22. The molecule has 0 aliphatic carbocycles. The molecule has 1 unspecified atom stereocenters. The van der Waals surface area contributed by atoms with E-state index >= 15 is 0 Å². The van der Waals surface area contributed by atoms with Crippen LogP contribution in [-0.4, -0.2) is 37.2 Å². The van der Waals surface area contributed by atoms with Gasteiger partial charge in [-0.15, -0.1) is 0 Å². The van der Waals surface area contributed by atoms with Gasteiger partial charge in [0, 0.05) is 19.3 Å². The molecule has 0 radical (unpaired) electrons. The first-order valence-electron chi connectivity index (χ1n) is 27.7. The van der Waals surface area contributed by atoms with Gasteiger partial charge < -0.3 is 14.2 Å². The van der Waals surface area contributed by atoms with Crippen LogP contribution in [0, 0.1) is 0 Å². The van der Waals surface area contributed by atoms with Crippen molar-refractivity contribution >= 4 is 17.9 Å². The maximum absolute atomic E-state index is 12.8. The van der Waals surface area contributed by atoms with E-state index in [2.05, 4.69) is 112 Å².